The molecule has 3 rings (SSSR count). The van der Waals surface area contributed by atoms with Gasteiger partial charge in [0.15, 0.2) is 0 Å². The van der Waals surface area contributed by atoms with Gasteiger partial charge in [0.05, 0.1) is 16.5 Å². The lowest BCUT2D eigenvalue weighted by Crippen LogP contribution is -2.32. The molecule has 0 aliphatic heterocycles. The Bertz CT molecular complexity index is 819. The molecular weight excluding hydrogens is 296 g/mol. The molecule has 1 saturated carbocycles. The van der Waals surface area contributed by atoms with Crippen molar-refractivity contribution < 1.29 is 8.42 Å². The Balaban J connectivity index is 1.77. The summed E-state index contributed by atoms with van der Waals surface area (Å²) >= 11 is 0. The van der Waals surface area contributed by atoms with Crippen molar-refractivity contribution in [2.75, 3.05) is 6.54 Å². The lowest BCUT2D eigenvalue weighted by molar-refractivity contribution is 0.567. The second-order valence-corrected chi connectivity index (χ2v) is 7.38. The highest BCUT2D eigenvalue weighted by molar-refractivity contribution is 7.89. The van der Waals surface area contributed by atoms with Crippen LogP contribution in [0.25, 0.3) is 0 Å². The van der Waals surface area contributed by atoms with Crippen LogP contribution in [-0.4, -0.2) is 15.0 Å². The van der Waals surface area contributed by atoms with Crippen molar-refractivity contribution in [3.05, 3.63) is 65.7 Å². The fourth-order valence-electron chi connectivity index (χ4n) is 2.56. The monoisotopic (exact) mass is 312 g/mol. The summed E-state index contributed by atoms with van der Waals surface area (Å²) in [6.45, 7) is 0.385. The van der Waals surface area contributed by atoms with E-state index in [1.807, 2.05) is 36.4 Å². The van der Waals surface area contributed by atoms with Gasteiger partial charge >= 0.3 is 0 Å². The number of rotatable bonds is 5. The summed E-state index contributed by atoms with van der Waals surface area (Å²) in [5.41, 5.74) is 1.43. The Morgan fingerprint density at radius 1 is 1.09 bits per heavy atom. The van der Waals surface area contributed by atoms with E-state index in [-0.39, 0.29) is 10.3 Å². The second-order valence-electron chi connectivity index (χ2n) is 5.61. The van der Waals surface area contributed by atoms with E-state index in [1.54, 1.807) is 12.1 Å². The summed E-state index contributed by atoms with van der Waals surface area (Å²) < 4.78 is 27.5. The van der Waals surface area contributed by atoms with Gasteiger partial charge in [0.1, 0.15) is 0 Å². The molecule has 1 aliphatic rings. The first-order chi connectivity index (χ1) is 10.6. The van der Waals surface area contributed by atoms with E-state index < -0.39 is 10.0 Å². The van der Waals surface area contributed by atoms with E-state index in [1.165, 1.54) is 17.7 Å². The van der Waals surface area contributed by atoms with Crippen LogP contribution in [0.1, 0.15) is 24.0 Å². The normalized spacial score (nSPS) is 16.0. The van der Waals surface area contributed by atoms with Crippen LogP contribution in [0.5, 0.6) is 0 Å². The zero-order valence-electron chi connectivity index (χ0n) is 12.0. The average molecular weight is 312 g/mol. The van der Waals surface area contributed by atoms with E-state index in [0.717, 1.165) is 12.8 Å². The number of nitrogens with zero attached hydrogens (tertiary/aromatic N) is 1. The first-order valence-corrected chi connectivity index (χ1v) is 8.59. The van der Waals surface area contributed by atoms with Gasteiger partial charge in [-0.05, 0) is 36.6 Å². The number of nitrogens with one attached hydrogen (secondary N) is 1. The molecule has 0 radical (unpaired) electrons. The third-order valence-corrected chi connectivity index (χ3v) is 5.51. The summed E-state index contributed by atoms with van der Waals surface area (Å²) in [5, 5.41) is 8.88. The van der Waals surface area contributed by atoms with E-state index in [0.29, 0.717) is 12.1 Å². The Hall–Kier alpha value is -2.16. The van der Waals surface area contributed by atoms with Crippen LogP contribution in [0, 0.1) is 11.3 Å². The molecule has 0 atom stereocenters. The maximum atomic E-state index is 12.4. The molecule has 0 saturated heterocycles. The molecule has 0 unspecified atom stereocenters. The summed E-state index contributed by atoms with van der Waals surface area (Å²) in [7, 11) is -3.60. The molecule has 2 aromatic carbocycles. The molecule has 22 heavy (non-hydrogen) atoms. The minimum absolute atomic E-state index is 0.0822. The minimum Gasteiger partial charge on any atom is -0.210 e. The van der Waals surface area contributed by atoms with Gasteiger partial charge in [-0.25, -0.2) is 13.1 Å². The molecule has 0 amide bonds. The van der Waals surface area contributed by atoms with Crippen molar-refractivity contribution in [2.45, 2.75) is 23.2 Å². The molecule has 0 heterocycles. The van der Waals surface area contributed by atoms with E-state index in [4.69, 9.17) is 5.26 Å². The van der Waals surface area contributed by atoms with Crippen LogP contribution < -0.4 is 4.72 Å². The minimum atomic E-state index is -3.60. The molecule has 1 fully saturated rings. The van der Waals surface area contributed by atoms with Crippen molar-refractivity contribution in [3.8, 4) is 6.07 Å². The van der Waals surface area contributed by atoms with Crippen molar-refractivity contribution in [2.24, 2.45) is 0 Å². The second kappa shape index (κ2) is 5.56. The maximum absolute atomic E-state index is 12.4. The number of hydrogen-bond donors (Lipinski definition) is 1. The van der Waals surface area contributed by atoms with Crippen LogP contribution in [0.15, 0.2) is 59.5 Å². The fourth-order valence-corrected chi connectivity index (χ4v) is 3.73. The lowest BCUT2D eigenvalue weighted by atomic mass is 9.96. The fraction of sp³-hybridized carbons (Fsp3) is 0.235. The van der Waals surface area contributed by atoms with Gasteiger partial charge in [-0.1, -0.05) is 36.4 Å². The molecule has 5 heteroatoms. The number of sulfonamides is 1. The Kier molecular flexibility index (Phi) is 3.73. The van der Waals surface area contributed by atoms with E-state index in [9.17, 15) is 8.42 Å². The zero-order valence-corrected chi connectivity index (χ0v) is 12.8. The first kappa shape index (κ1) is 14.8. The van der Waals surface area contributed by atoms with Crippen LogP contribution in [0.4, 0.5) is 0 Å². The molecule has 0 bridgehead atoms. The van der Waals surface area contributed by atoms with E-state index >= 15 is 0 Å². The average Bonchev–Trinajstić information content (AvgIpc) is 3.35. The predicted octanol–water partition coefficient (Wildman–Crippen LogP) is 2.57. The number of benzene rings is 2. The van der Waals surface area contributed by atoms with Gasteiger partial charge in [-0.3, -0.25) is 0 Å². The van der Waals surface area contributed by atoms with Crippen LogP contribution in [0.3, 0.4) is 0 Å². The highest BCUT2D eigenvalue weighted by atomic mass is 32.2. The van der Waals surface area contributed by atoms with Crippen molar-refractivity contribution >= 4 is 10.0 Å². The molecule has 1 aliphatic carbocycles. The van der Waals surface area contributed by atoms with Crippen molar-refractivity contribution in [1.82, 2.24) is 4.72 Å². The van der Waals surface area contributed by atoms with Gasteiger partial charge in [0.25, 0.3) is 0 Å². The number of hydrogen-bond acceptors (Lipinski definition) is 3. The molecule has 0 aromatic heterocycles. The Labute approximate surface area is 130 Å². The first-order valence-electron chi connectivity index (χ1n) is 7.11. The quantitative estimate of drug-likeness (QED) is 0.922. The highest BCUT2D eigenvalue weighted by Gasteiger charge is 2.44. The maximum Gasteiger partial charge on any atom is 0.240 e. The smallest absolute Gasteiger partial charge is 0.210 e. The van der Waals surface area contributed by atoms with Gasteiger partial charge < -0.3 is 0 Å². The molecule has 0 spiro atoms. The van der Waals surface area contributed by atoms with Crippen molar-refractivity contribution in [1.29, 1.82) is 5.26 Å². The van der Waals surface area contributed by atoms with Gasteiger partial charge in [0.2, 0.25) is 10.0 Å². The summed E-state index contributed by atoms with van der Waals surface area (Å²) in [5.74, 6) is 0. The van der Waals surface area contributed by atoms with Gasteiger partial charge in [-0.15, -0.1) is 0 Å². The molecule has 4 nitrogen and oxygen atoms in total. The summed E-state index contributed by atoms with van der Waals surface area (Å²) in [6, 6.07) is 18.0. The van der Waals surface area contributed by atoms with E-state index in [2.05, 4.69) is 4.72 Å². The Morgan fingerprint density at radius 3 is 2.45 bits per heavy atom. The highest BCUT2D eigenvalue weighted by Crippen LogP contribution is 2.47. The molecule has 1 N–H and O–H groups in total. The largest absolute Gasteiger partial charge is 0.240 e. The van der Waals surface area contributed by atoms with Gasteiger partial charge in [-0.2, -0.15) is 5.26 Å². The molecule has 112 valence electrons. The number of nitriles is 1. The summed E-state index contributed by atoms with van der Waals surface area (Å²) in [6.07, 6.45) is 1.97. The summed E-state index contributed by atoms with van der Waals surface area (Å²) in [4.78, 5) is 0.135. The zero-order chi connectivity index (χ0) is 15.6. The topological polar surface area (TPSA) is 70.0 Å². The predicted molar refractivity (Wildman–Crippen MR) is 83.7 cm³/mol. The third kappa shape index (κ3) is 2.89. The third-order valence-electron chi connectivity index (χ3n) is 4.11. The van der Waals surface area contributed by atoms with Crippen molar-refractivity contribution in [3.63, 3.8) is 0 Å². The Morgan fingerprint density at radius 2 is 1.82 bits per heavy atom. The van der Waals surface area contributed by atoms with Crippen LogP contribution in [-0.2, 0) is 15.4 Å². The molecule has 2 aromatic rings. The van der Waals surface area contributed by atoms with Gasteiger partial charge in [0, 0.05) is 12.0 Å². The van der Waals surface area contributed by atoms with Crippen LogP contribution >= 0.6 is 0 Å². The SMILES string of the molecule is N#Cc1cccc(S(=O)(=O)NCC2(c3ccccc3)CC2)c1. The molecular formula is C17H16N2O2S. The standard InChI is InChI=1S/C17H16N2O2S/c18-12-14-5-4-8-16(11-14)22(20,21)19-13-17(9-10-17)15-6-2-1-3-7-15/h1-8,11,19H,9-10,13H2. The van der Waals surface area contributed by atoms with Crippen LogP contribution in [0.2, 0.25) is 0 Å². The lowest BCUT2D eigenvalue weighted by Gasteiger charge is -2.16.